The topological polar surface area (TPSA) is 78.7 Å². The summed E-state index contributed by atoms with van der Waals surface area (Å²) in [5.74, 6) is 1.70. The highest BCUT2D eigenvalue weighted by atomic mass is 15.6. The van der Waals surface area contributed by atoms with Crippen LogP contribution in [0.2, 0.25) is 0 Å². The first-order chi connectivity index (χ1) is 24.2. The minimum absolute atomic E-state index is 0.678. The van der Waals surface area contributed by atoms with E-state index < -0.39 is 5.54 Å². The Bertz CT molecular complexity index is 2220. The van der Waals surface area contributed by atoms with Gasteiger partial charge < -0.3 is 4.57 Å². The molecular formula is C41H36N8. The van der Waals surface area contributed by atoms with Crippen LogP contribution in [0.5, 0.6) is 0 Å². The lowest BCUT2D eigenvalue weighted by molar-refractivity contribution is 0.451. The lowest BCUT2D eigenvalue weighted by atomic mass is 9.77. The third kappa shape index (κ3) is 5.22. The van der Waals surface area contributed by atoms with Gasteiger partial charge in [0.05, 0.1) is 12.2 Å². The van der Waals surface area contributed by atoms with E-state index in [1.807, 2.05) is 28.9 Å². The van der Waals surface area contributed by atoms with Crippen LogP contribution < -0.4 is 0 Å². The van der Waals surface area contributed by atoms with Gasteiger partial charge >= 0.3 is 0 Å². The minimum Gasteiger partial charge on any atom is -0.307 e. The third-order valence-corrected chi connectivity index (χ3v) is 9.34. The lowest BCUT2D eigenvalue weighted by Crippen LogP contribution is -2.39. The number of nitrogens with zero attached hydrogens (tertiary/aromatic N) is 8. The van der Waals surface area contributed by atoms with E-state index in [9.17, 15) is 0 Å². The molecule has 8 heteroatoms. The van der Waals surface area contributed by atoms with E-state index in [1.54, 1.807) is 4.63 Å². The van der Waals surface area contributed by atoms with Crippen molar-refractivity contribution in [3.63, 3.8) is 0 Å². The largest absolute Gasteiger partial charge is 0.307 e. The molecule has 0 aliphatic carbocycles. The second-order valence-corrected chi connectivity index (χ2v) is 12.2. The quantitative estimate of drug-likeness (QED) is 0.142. The Kier molecular flexibility index (Phi) is 7.89. The van der Waals surface area contributed by atoms with Crippen molar-refractivity contribution in [3.8, 4) is 22.5 Å². The molecule has 240 valence electrons. The van der Waals surface area contributed by atoms with Crippen molar-refractivity contribution in [2.45, 2.75) is 38.8 Å². The van der Waals surface area contributed by atoms with Gasteiger partial charge in [0.2, 0.25) is 0 Å². The van der Waals surface area contributed by atoms with Crippen LogP contribution in [-0.4, -0.2) is 39.6 Å². The Labute approximate surface area is 285 Å². The van der Waals surface area contributed by atoms with E-state index >= 15 is 0 Å². The van der Waals surface area contributed by atoms with Crippen LogP contribution >= 0.6 is 0 Å². The molecule has 0 aliphatic heterocycles. The molecule has 0 atom stereocenters. The summed E-state index contributed by atoms with van der Waals surface area (Å²) in [4.78, 5) is 0. The van der Waals surface area contributed by atoms with Crippen LogP contribution in [0, 0.1) is 0 Å². The van der Waals surface area contributed by atoms with Crippen LogP contribution in [0.4, 0.5) is 0 Å². The fourth-order valence-electron chi connectivity index (χ4n) is 6.96. The highest BCUT2D eigenvalue weighted by Crippen LogP contribution is 2.43. The number of aryl methyl sites for hydroxylation is 2. The van der Waals surface area contributed by atoms with Crippen molar-refractivity contribution >= 4 is 5.65 Å². The van der Waals surface area contributed by atoms with Gasteiger partial charge in [-0.25, -0.2) is 4.68 Å². The van der Waals surface area contributed by atoms with Gasteiger partial charge in [-0.15, -0.1) is 14.8 Å². The fourth-order valence-corrected chi connectivity index (χ4v) is 6.96. The first-order valence-electron chi connectivity index (χ1n) is 16.8. The molecule has 0 N–H and O–H groups in total. The highest BCUT2D eigenvalue weighted by molar-refractivity contribution is 5.81. The summed E-state index contributed by atoms with van der Waals surface area (Å²) in [6, 6.07) is 50.8. The van der Waals surface area contributed by atoms with Crippen LogP contribution in [0.25, 0.3) is 28.2 Å². The Morgan fingerprint density at radius 2 is 1.16 bits per heavy atom. The maximum atomic E-state index is 4.77. The van der Waals surface area contributed by atoms with E-state index in [2.05, 4.69) is 150 Å². The molecular weight excluding hydrogens is 605 g/mol. The molecule has 0 amide bonds. The van der Waals surface area contributed by atoms with Gasteiger partial charge in [-0.05, 0) is 50.2 Å². The monoisotopic (exact) mass is 640 g/mol. The summed E-state index contributed by atoms with van der Waals surface area (Å²) in [7, 11) is 0. The molecule has 8 aromatic rings. The summed E-state index contributed by atoms with van der Waals surface area (Å²) in [6.45, 7) is 4.97. The Hall–Kier alpha value is -6.15. The van der Waals surface area contributed by atoms with E-state index in [4.69, 9.17) is 15.4 Å². The maximum Gasteiger partial charge on any atom is 0.184 e. The van der Waals surface area contributed by atoms with Gasteiger partial charge in [0, 0.05) is 18.1 Å². The zero-order valence-corrected chi connectivity index (χ0v) is 27.6. The Morgan fingerprint density at radius 3 is 1.73 bits per heavy atom. The van der Waals surface area contributed by atoms with E-state index in [1.165, 1.54) is 5.56 Å². The summed E-state index contributed by atoms with van der Waals surface area (Å²) in [6.07, 6.45) is 1.72. The number of hydrogen-bond donors (Lipinski definition) is 0. The van der Waals surface area contributed by atoms with Gasteiger partial charge in [0.15, 0.2) is 11.5 Å². The summed E-state index contributed by atoms with van der Waals surface area (Å²) in [5, 5.41) is 23.2. The van der Waals surface area contributed by atoms with Crippen molar-refractivity contribution in [1.82, 2.24) is 39.6 Å². The molecule has 0 unspecified atom stereocenters. The second-order valence-electron chi connectivity index (χ2n) is 12.2. The molecule has 8 nitrogen and oxygen atoms in total. The zero-order valence-electron chi connectivity index (χ0n) is 27.6. The van der Waals surface area contributed by atoms with Gasteiger partial charge in [-0.3, -0.25) is 0 Å². The number of fused-ring (bicyclic) bond motifs is 1. The predicted molar refractivity (Wildman–Crippen MR) is 192 cm³/mol. The van der Waals surface area contributed by atoms with Crippen molar-refractivity contribution < 1.29 is 0 Å². The molecule has 0 radical (unpaired) electrons. The Balaban J connectivity index is 1.24. The molecule has 3 aromatic heterocycles. The smallest absolute Gasteiger partial charge is 0.184 e. The second kappa shape index (κ2) is 12.8. The van der Waals surface area contributed by atoms with E-state index in [0.29, 0.717) is 5.82 Å². The molecule has 0 saturated carbocycles. The van der Waals surface area contributed by atoms with Gasteiger partial charge in [0.1, 0.15) is 11.4 Å². The summed E-state index contributed by atoms with van der Waals surface area (Å²) < 4.78 is 6.03. The summed E-state index contributed by atoms with van der Waals surface area (Å²) in [5.41, 5.74) is 8.69. The molecule has 0 aliphatic rings. The zero-order chi connectivity index (χ0) is 33.2. The number of rotatable bonds is 10. The number of tetrazole rings is 1. The van der Waals surface area contributed by atoms with E-state index in [-0.39, 0.29) is 0 Å². The van der Waals surface area contributed by atoms with Crippen LogP contribution in [0.1, 0.15) is 47.6 Å². The average Bonchev–Trinajstić information content (AvgIpc) is 3.90. The normalized spacial score (nSPS) is 11.7. The third-order valence-electron chi connectivity index (χ3n) is 9.34. The number of aromatic nitrogens is 8. The van der Waals surface area contributed by atoms with Crippen LogP contribution in [0.15, 0.2) is 146 Å². The lowest BCUT2D eigenvalue weighted by Gasteiger charge is -2.36. The molecule has 3 heterocycles. The standard InChI is InChI=1S/C41H36N8/c1-3-35-28-39-47(38(4-2)44-49(39)43-35)29-30-24-26-31(27-25-30)36-22-14-15-23-37(36)40-42-45-46-48(40)41(32-16-8-5-9-17-32,33-18-10-6-11-19-33)34-20-12-7-13-21-34/h5-28H,3-4,29H2,1-2H3. The average molecular weight is 641 g/mol. The maximum absolute atomic E-state index is 4.77. The molecule has 0 bridgehead atoms. The van der Waals surface area contributed by atoms with Crippen molar-refractivity contribution in [1.29, 1.82) is 0 Å². The molecule has 0 spiro atoms. The van der Waals surface area contributed by atoms with E-state index in [0.717, 1.165) is 69.9 Å². The summed E-state index contributed by atoms with van der Waals surface area (Å²) >= 11 is 0. The van der Waals surface area contributed by atoms with Crippen molar-refractivity contribution in [3.05, 3.63) is 179 Å². The molecule has 8 rings (SSSR count). The Morgan fingerprint density at radius 1 is 0.592 bits per heavy atom. The van der Waals surface area contributed by atoms with Gasteiger partial charge in [-0.2, -0.15) is 5.10 Å². The SMILES string of the molecule is CCc1cc2n(Cc3ccc(-c4ccccc4-c4nnnn4C(c4ccccc4)(c4ccccc4)c4ccccc4)cc3)c(CC)nn2n1. The highest BCUT2D eigenvalue weighted by Gasteiger charge is 2.42. The van der Waals surface area contributed by atoms with Gasteiger partial charge in [-0.1, -0.05) is 153 Å². The molecule has 0 saturated heterocycles. The van der Waals surface area contributed by atoms with Crippen molar-refractivity contribution in [2.24, 2.45) is 0 Å². The first kappa shape index (κ1) is 30.2. The first-order valence-corrected chi connectivity index (χ1v) is 16.8. The molecule has 0 fully saturated rings. The van der Waals surface area contributed by atoms with Crippen LogP contribution in [-0.2, 0) is 24.9 Å². The minimum atomic E-state index is -0.835. The predicted octanol–water partition coefficient (Wildman–Crippen LogP) is 7.86. The van der Waals surface area contributed by atoms with Crippen molar-refractivity contribution in [2.75, 3.05) is 0 Å². The van der Waals surface area contributed by atoms with Crippen LogP contribution in [0.3, 0.4) is 0 Å². The van der Waals surface area contributed by atoms with Gasteiger partial charge in [0.25, 0.3) is 0 Å². The number of hydrogen-bond acceptors (Lipinski definition) is 5. The fraction of sp³-hybridized carbons (Fsp3) is 0.146. The molecule has 5 aromatic carbocycles. The molecule has 49 heavy (non-hydrogen) atoms. The number of benzene rings is 5.